The molecule has 0 unspecified atom stereocenters. The Morgan fingerprint density at radius 1 is 1.19 bits per heavy atom. The molecule has 4 rings (SSSR count). The number of ether oxygens (including phenoxy) is 1. The summed E-state index contributed by atoms with van der Waals surface area (Å²) >= 11 is 0. The number of nitrogens with one attached hydrogen (secondary N) is 1. The van der Waals surface area contributed by atoms with E-state index in [1.807, 2.05) is 25.1 Å². The molecule has 1 aromatic heterocycles. The zero-order chi connectivity index (χ0) is 19.0. The van der Waals surface area contributed by atoms with Crippen LogP contribution in [0.5, 0.6) is 5.75 Å². The summed E-state index contributed by atoms with van der Waals surface area (Å²) in [7, 11) is -1.36. The number of aromatic amines is 1. The fraction of sp³-hybridized carbons (Fsp3) is 0.526. The van der Waals surface area contributed by atoms with Gasteiger partial charge in [0.2, 0.25) is 0 Å². The van der Waals surface area contributed by atoms with Gasteiger partial charge in [-0.15, -0.1) is 0 Å². The number of imidazole rings is 1. The number of hydrogen-bond donors (Lipinski definition) is 1. The lowest BCUT2D eigenvalue weighted by atomic mass is 10.0. The van der Waals surface area contributed by atoms with Gasteiger partial charge in [-0.05, 0) is 24.6 Å². The number of benzene rings is 1. The molecule has 2 atom stereocenters. The van der Waals surface area contributed by atoms with Crippen LogP contribution in [0, 0.1) is 6.92 Å². The highest BCUT2D eigenvalue weighted by Gasteiger charge is 2.46. The highest BCUT2D eigenvalue weighted by atomic mass is 32.2. The summed E-state index contributed by atoms with van der Waals surface area (Å²) in [6, 6.07) is 8.04. The quantitative estimate of drug-likeness (QED) is 0.827. The van der Waals surface area contributed by atoms with Gasteiger partial charge in [-0.1, -0.05) is 12.1 Å². The molecule has 7 nitrogen and oxygen atoms in total. The molecule has 27 heavy (non-hydrogen) atoms. The molecule has 0 bridgehead atoms. The fourth-order valence-corrected chi connectivity index (χ4v) is 6.28. The maximum Gasteiger partial charge on any atom is 0.153 e. The molecule has 2 aliphatic heterocycles. The van der Waals surface area contributed by atoms with Crippen molar-refractivity contribution in [2.24, 2.45) is 0 Å². The Labute approximate surface area is 160 Å². The van der Waals surface area contributed by atoms with Crippen LogP contribution >= 0.6 is 0 Å². The minimum atomic E-state index is -3.03. The second kappa shape index (κ2) is 7.26. The average molecular weight is 391 g/mol. The van der Waals surface area contributed by atoms with Crippen molar-refractivity contribution in [2.45, 2.75) is 32.1 Å². The molecule has 0 amide bonds. The largest absolute Gasteiger partial charge is 0.497 e. The predicted molar refractivity (Wildman–Crippen MR) is 103 cm³/mol. The maximum atomic E-state index is 12.4. The Morgan fingerprint density at radius 2 is 1.89 bits per heavy atom. The summed E-state index contributed by atoms with van der Waals surface area (Å²) in [6.45, 7) is 5.12. The first-order valence-electron chi connectivity index (χ1n) is 9.25. The summed E-state index contributed by atoms with van der Waals surface area (Å²) in [5.74, 6) is 1.30. The number of hydrogen-bond acceptors (Lipinski definition) is 6. The van der Waals surface area contributed by atoms with E-state index in [0.29, 0.717) is 6.54 Å². The molecule has 146 valence electrons. The Hall–Kier alpha value is -1.90. The third kappa shape index (κ3) is 3.88. The molecule has 0 saturated carbocycles. The second-order valence-electron chi connectivity index (χ2n) is 7.48. The van der Waals surface area contributed by atoms with Crippen LogP contribution in [0.25, 0.3) is 0 Å². The van der Waals surface area contributed by atoms with Crippen molar-refractivity contribution in [3.63, 3.8) is 0 Å². The molecule has 0 radical (unpaired) electrons. The van der Waals surface area contributed by atoms with Crippen molar-refractivity contribution in [1.29, 1.82) is 0 Å². The number of sulfone groups is 1. The zero-order valence-corrected chi connectivity index (χ0v) is 16.6. The molecule has 2 saturated heterocycles. The van der Waals surface area contributed by atoms with Crippen LogP contribution in [0.4, 0.5) is 0 Å². The minimum Gasteiger partial charge on any atom is -0.497 e. The van der Waals surface area contributed by atoms with Crippen LogP contribution in [0.2, 0.25) is 0 Å². The number of fused-ring (bicyclic) bond motifs is 1. The van der Waals surface area contributed by atoms with Crippen LogP contribution in [-0.4, -0.2) is 72.0 Å². The summed E-state index contributed by atoms with van der Waals surface area (Å²) in [4.78, 5) is 12.1. The maximum absolute atomic E-state index is 12.4. The monoisotopic (exact) mass is 390 g/mol. The number of nitrogens with zero attached hydrogens (tertiary/aromatic N) is 3. The van der Waals surface area contributed by atoms with E-state index in [1.165, 1.54) is 0 Å². The van der Waals surface area contributed by atoms with Crippen molar-refractivity contribution in [1.82, 2.24) is 19.8 Å². The van der Waals surface area contributed by atoms with Crippen LogP contribution < -0.4 is 4.74 Å². The first kappa shape index (κ1) is 18.5. The molecule has 3 heterocycles. The number of piperazine rings is 1. The highest BCUT2D eigenvalue weighted by molar-refractivity contribution is 7.91. The molecule has 1 aromatic carbocycles. The topological polar surface area (TPSA) is 78.5 Å². The third-order valence-electron chi connectivity index (χ3n) is 5.71. The molecule has 1 N–H and O–H groups in total. The lowest BCUT2D eigenvalue weighted by molar-refractivity contribution is 0.0347. The van der Waals surface area contributed by atoms with Crippen LogP contribution in [0.1, 0.15) is 17.0 Å². The molecule has 0 aliphatic carbocycles. The van der Waals surface area contributed by atoms with E-state index in [2.05, 4.69) is 25.8 Å². The Morgan fingerprint density at radius 3 is 2.52 bits per heavy atom. The fourth-order valence-electron chi connectivity index (χ4n) is 4.23. The van der Waals surface area contributed by atoms with E-state index in [4.69, 9.17) is 4.74 Å². The predicted octanol–water partition coefficient (Wildman–Crippen LogP) is 1.21. The number of aromatic nitrogens is 2. The summed E-state index contributed by atoms with van der Waals surface area (Å²) in [6.07, 6.45) is 1.70. The van der Waals surface area contributed by atoms with Gasteiger partial charge in [-0.25, -0.2) is 13.4 Å². The molecule has 2 aliphatic rings. The molecule has 0 spiro atoms. The number of rotatable bonds is 5. The van der Waals surface area contributed by atoms with Crippen LogP contribution in [-0.2, 0) is 22.9 Å². The van der Waals surface area contributed by atoms with Gasteiger partial charge in [-0.2, -0.15) is 0 Å². The third-order valence-corrected chi connectivity index (χ3v) is 7.41. The summed E-state index contributed by atoms with van der Waals surface area (Å²) < 4.78 is 30.1. The van der Waals surface area contributed by atoms with E-state index in [1.54, 1.807) is 13.4 Å². The number of H-pyrrole nitrogens is 1. The minimum absolute atomic E-state index is 0.0189. The van der Waals surface area contributed by atoms with E-state index >= 15 is 0 Å². The normalized spacial score (nSPS) is 25.4. The van der Waals surface area contributed by atoms with Crippen LogP contribution in [0.15, 0.2) is 30.6 Å². The van der Waals surface area contributed by atoms with Gasteiger partial charge in [0.1, 0.15) is 5.75 Å². The van der Waals surface area contributed by atoms with E-state index < -0.39 is 9.84 Å². The zero-order valence-electron chi connectivity index (χ0n) is 15.8. The average Bonchev–Trinajstić information content (AvgIpc) is 3.19. The van der Waals surface area contributed by atoms with Gasteiger partial charge >= 0.3 is 0 Å². The lowest BCUT2D eigenvalue weighted by Crippen LogP contribution is -2.58. The second-order valence-corrected chi connectivity index (χ2v) is 9.63. The van der Waals surface area contributed by atoms with Gasteiger partial charge in [0.05, 0.1) is 30.6 Å². The van der Waals surface area contributed by atoms with Crippen molar-refractivity contribution >= 4 is 9.84 Å². The van der Waals surface area contributed by atoms with Gasteiger partial charge in [-0.3, -0.25) is 9.80 Å². The number of aryl methyl sites for hydroxylation is 1. The van der Waals surface area contributed by atoms with Gasteiger partial charge in [0, 0.05) is 44.0 Å². The summed E-state index contributed by atoms with van der Waals surface area (Å²) in [5, 5.41) is 0. The van der Waals surface area contributed by atoms with Crippen LogP contribution in [0.3, 0.4) is 0 Å². The Bertz CT molecular complexity index is 911. The first-order valence-corrected chi connectivity index (χ1v) is 11.1. The Kier molecular flexibility index (Phi) is 4.96. The van der Waals surface area contributed by atoms with E-state index in [0.717, 1.165) is 42.3 Å². The van der Waals surface area contributed by atoms with Gasteiger partial charge < -0.3 is 9.72 Å². The van der Waals surface area contributed by atoms with Crippen molar-refractivity contribution in [3.8, 4) is 5.75 Å². The molecule has 8 heteroatoms. The smallest absolute Gasteiger partial charge is 0.153 e. The van der Waals surface area contributed by atoms with Crippen molar-refractivity contribution < 1.29 is 13.2 Å². The summed E-state index contributed by atoms with van der Waals surface area (Å²) in [5.41, 5.74) is 3.19. The number of methoxy groups -OCH3 is 1. The van der Waals surface area contributed by atoms with Crippen molar-refractivity contribution in [2.75, 3.05) is 31.7 Å². The van der Waals surface area contributed by atoms with E-state index in [-0.39, 0.29) is 23.6 Å². The van der Waals surface area contributed by atoms with Gasteiger partial charge in [0.25, 0.3) is 0 Å². The molecule has 2 fully saturated rings. The first-order chi connectivity index (χ1) is 12.9. The van der Waals surface area contributed by atoms with Gasteiger partial charge in [0.15, 0.2) is 9.84 Å². The molecular weight excluding hydrogens is 364 g/mol. The SMILES string of the molecule is COc1cccc(CN2CCN(Cc3nc[nH]c3C)[C@H]3CS(=O)(=O)C[C@H]32)c1. The van der Waals surface area contributed by atoms with E-state index in [9.17, 15) is 8.42 Å². The standard InChI is InChI=1S/C19H26N4O3S/c1-14-17(21-13-20-14)10-23-7-6-22(18-11-27(24,25)12-19(18)23)9-15-4-3-5-16(8-15)26-2/h3-5,8,13,18-19H,6-7,9-12H2,1-2H3,(H,20,21)/t18-,19+/m1/s1. The highest BCUT2D eigenvalue weighted by Crippen LogP contribution is 2.29. The molecule has 2 aromatic rings. The lowest BCUT2D eigenvalue weighted by Gasteiger charge is -2.43. The van der Waals surface area contributed by atoms with Crippen molar-refractivity contribution in [3.05, 3.63) is 47.5 Å². The molecular formula is C19H26N4O3S. The Balaban J connectivity index is 1.53.